The van der Waals surface area contributed by atoms with Crippen molar-refractivity contribution in [3.63, 3.8) is 0 Å². The molecule has 0 atom stereocenters. The quantitative estimate of drug-likeness (QED) is 0.552. The number of thiophene rings is 1. The van der Waals surface area contributed by atoms with Gasteiger partial charge in [-0.1, -0.05) is 31.2 Å². The molecular formula is C14H12S. The summed E-state index contributed by atoms with van der Waals surface area (Å²) in [6.07, 6.45) is 1.10. The van der Waals surface area contributed by atoms with E-state index >= 15 is 0 Å². The van der Waals surface area contributed by atoms with E-state index in [-0.39, 0.29) is 0 Å². The van der Waals surface area contributed by atoms with Gasteiger partial charge in [0.05, 0.1) is 0 Å². The highest BCUT2D eigenvalue weighted by Gasteiger charge is 2.04. The standard InChI is InChI=1S/C14H12S/c1-2-10-4-3-5-11-6-7-13-12(14(10)11)8-9-15-13/h3-9H,2H2,1H3. The zero-order valence-corrected chi connectivity index (χ0v) is 9.47. The summed E-state index contributed by atoms with van der Waals surface area (Å²) in [6, 6.07) is 13.3. The lowest BCUT2D eigenvalue weighted by Gasteiger charge is -2.05. The monoisotopic (exact) mass is 212 g/mol. The summed E-state index contributed by atoms with van der Waals surface area (Å²) in [7, 11) is 0. The number of hydrogen-bond acceptors (Lipinski definition) is 1. The molecule has 0 saturated heterocycles. The van der Waals surface area contributed by atoms with Crippen LogP contribution in [0, 0.1) is 0 Å². The molecule has 0 unspecified atom stereocenters. The van der Waals surface area contributed by atoms with Gasteiger partial charge in [0.25, 0.3) is 0 Å². The van der Waals surface area contributed by atoms with E-state index < -0.39 is 0 Å². The Morgan fingerprint density at radius 3 is 2.87 bits per heavy atom. The first-order valence-electron chi connectivity index (χ1n) is 5.28. The van der Waals surface area contributed by atoms with Gasteiger partial charge in [0.1, 0.15) is 0 Å². The molecule has 0 radical (unpaired) electrons. The van der Waals surface area contributed by atoms with Gasteiger partial charge in [-0.05, 0) is 40.3 Å². The van der Waals surface area contributed by atoms with Gasteiger partial charge < -0.3 is 0 Å². The Labute approximate surface area is 93.2 Å². The molecule has 0 bridgehead atoms. The highest BCUT2D eigenvalue weighted by Crippen LogP contribution is 2.31. The normalized spacial score (nSPS) is 11.3. The van der Waals surface area contributed by atoms with Crippen LogP contribution in [0.1, 0.15) is 12.5 Å². The lowest BCUT2D eigenvalue weighted by Crippen LogP contribution is -1.83. The van der Waals surface area contributed by atoms with Gasteiger partial charge in [0, 0.05) is 10.1 Å². The molecule has 2 aromatic carbocycles. The summed E-state index contributed by atoms with van der Waals surface area (Å²) in [5.74, 6) is 0. The van der Waals surface area contributed by atoms with Crippen LogP contribution in [0.15, 0.2) is 41.8 Å². The summed E-state index contributed by atoms with van der Waals surface area (Å²) in [6.45, 7) is 2.22. The van der Waals surface area contributed by atoms with Gasteiger partial charge in [0.15, 0.2) is 0 Å². The van der Waals surface area contributed by atoms with Crippen LogP contribution in [0.5, 0.6) is 0 Å². The maximum Gasteiger partial charge on any atom is 0.0349 e. The molecular weight excluding hydrogens is 200 g/mol. The zero-order chi connectivity index (χ0) is 10.3. The van der Waals surface area contributed by atoms with Crippen molar-refractivity contribution >= 4 is 32.2 Å². The SMILES string of the molecule is CCc1cccc2ccc3sccc3c12. The van der Waals surface area contributed by atoms with Crippen molar-refractivity contribution < 1.29 is 0 Å². The fourth-order valence-corrected chi connectivity index (χ4v) is 3.00. The highest BCUT2D eigenvalue weighted by molar-refractivity contribution is 7.17. The Kier molecular flexibility index (Phi) is 2.00. The third-order valence-electron chi connectivity index (χ3n) is 2.94. The molecule has 0 fully saturated rings. The van der Waals surface area contributed by atoms with E-state index in [0.29, 0.717) is 0 Å². The van der Waals surface area contributed by atoms with Gasteiger partial charge in [-0.15, -0.1) is 11.3 Å². The number of aryl methyl sites for hydroxylation is 1. The molecule has 3 aromatic rings. The predicted molar refractivity (Wildman–Crippen MR) is 68.7 cm³/mol. The van der Waals surface area contributed by atoms with E-state index in [1.54, 1.807) is 0 Å². The van der Waals surface area contributed by atoms with Crippen LogP contribution in [0.25, 0.3) is 20.9 Å². The van der Waals surface area contributed by atoms with Crippen LogP contribution in [0.4, 0.5) is 0 Å². The second-order valence-electron chi connectivity index (χ2n) is 3.77. The van der Waals surface area contributed by atoms with Crippen molar-refractivity contribution in [2.75, 3.05) is 0 Å². The summed E-state index contributed by atoms with van der Waals surface area (Å²) >= 11 is 1.82. The topological polar surface area (TPSA) is 0 Å². The average molecular weight is 212 g/mol. The minimum absolute atomic E-state index is 1.10. The van der Waals surface area contributed by atoms with Gasteiger partial charge in [-0.25, -0.2) is 0 Å². The predicted octanol–water partition coefficient (Wildman–Crippen LogP) is 4.62. The number of fused-ring (bicyclic) bond motifs is 3. The molecule has 0 aliphatic carbocycles. The van der Waals surface area contributed by atoms with Crippen molar-refractivity contribution in [3.8, 4) is 0 Å². The molecule has 0 saturated carbocycles. The lowest BCUT2D eigenvalue weighted by atomic mass is 10.00. The van der Waals surface area contributed by atoms with Gasteiger partial charge in [-0.2, -0.15) is 0 Å². The van der Waals surface area contributed by atoms with E-state index in [9.17, 15) is 0 Å². The molecule has 1 heterocycles. The summed E-state index contributed by atoms with van der Waals surface area (Å²) in [5, 5.41) is 6.39. The number of rotatable bonds is 1. The van der Waals surface area contributed by atoms with E-state index in [4.69, 9.17) is 0 Å². The first-order chi connectivity index (χ1) is 7.40. The largest absolute Gasteiger partial charge is 0.144 e. The van der Waals surface area contributed by atoms with E-state index in [1.807, 2.05) is 11.3 Å². The van der Waals surface area contributed by atoms with Crippen molar-refractivity contribution in [1.29, 1.82) is 0 Å². The molecule has 0 aliphatic rings. The van der Waals surface area contributed by atoms with Crippen molar-refractivity contribution in [2.24, 2.45) is 0 Å². The molecule has 74 valence electrons. The first kappa shape index (κ1) is 8.93. The van der Waals surface area contributed by atoms with Crippen LogP contribution in [0.2, 0.25) is 0 Å². The lowest BCUT2D eigenvalue weighted by molar-refractivity contribution is 1.16. The molecule has 15 heavy (non-hydrogen) atoms. The molecule has 0 N–H and O–H groups in total. The smallest absolute Gasteiger partial charge is 0.0349 e. The minimum Gasteiger partial charge on any atom is -0.144 e. The van der Waals surface area contributed by atoms with Gasteiger partial charge >= 0.3 is 0 Å². The van der Waals surface area contributed by atoms with Crippen molar-refractivity contribution in [2.45, 2.75) is 13.3 Å². The molecule has 0 nitrogen and oxygen atoms in total. The second kappa shape index (κ2) is 3.35. The Morgan fingerprint density at radius 1 is 1.07 bits per heavy atom. The van der Waals surface area contributed by atoms with Gasteiger partial charge in [-0.3, -0.25) is 0 Å². The van der Waals surface area contributed by atoms with E-state index in [2.05, 4.69) is 48.7 Å². The van der Waals surface area contributed by atoms with Crippen LogP contribution >= 0.6 is 11.3 Å². The molecule has 1 aromatic heterocycles. The van der Waals surface area contributed by atoms with E-state index in [1.165, 1.54) is 26.4 Å². The fourth-order valence-electron chi connectivity index (χ4n) is 2.20. The Hall–Kier alpha value is -1.34. The van der Waals surface area contributed by atoms with Crippen molar-refractivity contribution in [1.82, 2.24) is 0 Å². The molecule has 0 amide bonds. The third-order valence-corrected chi connectivity index (χ3v) is 3.82. The Bertz CT molecular complexity index is 619. The zero-order valence-electron chi connectivity index (χ0n) is 8.66. The molecule has 1 heteroatoms. The Balaban J connectivity index is 2.58. The minimum atomic E-state index is 1.10. The Morgan fingerprint density at radius 2 is 2.00 bits per heavy atom. The van der Waals surface area contributed by atoms with Crippen LogP contribution in [0.3, 0.4) is 0 Å². The number of benzene rings is 2. The van der Waals surface area contributed by atoms with Crippen LogP contribution in [-0.2, 0) is 6.42 Å². The van der Waals surface area contributed by atoms with Crippen LogP contribution in [-0.4, -0.2) is 0 Å². The van der Waals surface area contributed by atoms with Gasteiger partial charge in [0.2, 0.25) is 0 Å². The second-order valence-corrected chi connectivity index (χ2v) is 4.71. The average Bonchev–Trinajstić information content (AvgIpc) is 2.76. The summed E-state index contributed by atoms with van der Waals surface area (Å²) < 4.78 is 1.39. The fraction of sp³-hybridized carbons (Fsp3) is 0.143. The molecule has 3 rings (SSSR count). The summed E-state index contributed by atoms with van der Waals surface area (Å²) in [4.78, 5) is 0. The van der Waals surface area contributed by atoms with Crippen LogP contribution < -0.4 is 0 Å². The summed E-state index contributed by atoms with van der Waals surface area (Å²) in [5.41, 5.74) is 1.46. The third kappa shape index (κ3) is 1.27. The van der Waals surface area contributed by atoms with Crippen molar-refractivity contribution in [3.05, 3.63) is 47.3 Å². The number of hydrogen-bond donors (Lipinski definition) is 0. The maximum absolute atomic E-state index is 2.24. The molecule has 0 aliphatic heterocycles. The highest BCUT2D eigenvalue weighted by atomic mass is 32.1. The van der Waals surface area contributed by atoms with E-state index in [0.717, 1.165) is 6.42 Å². The maximum atomic E-state index is 2.24. The molecule has 0 spiro atoms. The first-order valence-corrected chi connectivity index (χ1v) is 6.16.